The maximum atomic E-state index is 12.1. The quantitative estimate of drug-likeness (QED) is 0.675. The highest BCUT2D eigenvalue weighted by Gasteiger charge is 2.42. The van der Waals surface area contributed by atoms with Crippen LogP contribution >= 0.6 is 15.9 Å². The second-order valence-corrected chi connectivity index (χ2v) is 7.10. The monoisotopic (exact) mass is 334 g/mol. The van der Waals surface area contributed by atoms with Gasteiger partial charge in [-0.15, -0.1) is 0 Å². The lowest BCUT2D eigenvalue weighted by Gasteiger charge is -2.12. The van der Waals surface area contributed by atoms with E-state index in [0.717, 1.165) is 12.8 Å². The van der Waals surface area contributed by atoms with Gasteiger partial charge in [0.2, 0.25) is 10.0 Å². The summed E-state index contributed by atoms with van der Waals surface area (Å²) < 4.78 is 27.2. The van der Waals surface area contributed by atoms with E-state index in [0.29, 0.717) is 4.47 Å². The van der Waals surface area contributed by atoms with Crippen molar-refractivity contribution in [3.05, 3.63) is 32.8 Å². The first-order valence-corrected chi connectivity index (χ1v) is 7.49. The van der Waals surface area contributed by atoms with Gasteiger partial charge in [0.05, 0.1) is 4.92 Å². The molecule has 0 bridgehead atoms. The summed E-state index contributed by atoms with van der Waals surface area (Å²) in [4.78, 5) is 9.85. The molecule has 1 aromatic carbocycles. The molecule has 98 valence electrons. The van der Waals surface area contributed by atoms with E-state index in [1.165, 1.54) is 18.2 Å². The lowest BCUT2D eigenvalue weighted by Crippen LogP contribution is -2.34. The van der Waals surface area contributed by atoms with Crippen LogP contribution in [0, 0.1) is 10.1 Å². The molecule has 1 N–H and O–H groups in total. The molecule has 0 saturated heterocycles. The number of nitrogens with one attached hydrogen (secondary N) is 1. The summed E-state index contributed by atoms with van der Waals surface area (Å²) >= 11 is 3.12. The van der Waals surface area contributed by atoms with Crippen LogP contribution in [0.4, 0.5) is 5.69 Å². The number of sulfonamides is 1. The summed E-state index contributed by atoms with van der Waals surface area (Å²) in [5.74, 6) is 0. The van der Waals surface area contributed by atoms with Crippen LogP contribution in [0.5, 0.6) is 0 Å². The van der Waals surface area contributed by atoms with Crippen molar-refractivity contribution >= 4 is 31.6 Å². The van der Waals surface area contributed by atoms with Gasteiger partial charge in [-0.3, -0.25) is 10.1 Å². The molecular weight excluding hydrogens is 324 g/mol. The summed E-state index contributed by atoms with van der Waals surface area (Å²) in [6.45, 7) is 1.77. The number of hydrogen-bond donors (Lipinski definition) is 1. The molecule has 0 spiro atoms. The van der Waals surface area contributed by atoms with E-state index >= 15 is 0 Å². The van der Waals surface area contributed by atoms with E-state index in [1.54, 1.807) is 6.92 Å². The van der Waals surface area contributed by atoms with Crippen LogP contribution in [0.1, 0.15) is 19.8 Å². The van der Waals surface area contributed by atoms with Gasteiger partial charge in [-0.25, -0.2) is 13.1 Å². The highest BCUT2D eigenvalue weighted by Crippen LogP contribution is 2.37. The minimum absolute atomic E-state index is 0.310. The molecule has 0 aliphatic heterocycles. The van der Waals surface area contributed by atoms with E-state index in [2.05, 4.69) is 20.7 Å². The maximum absolute atomic E-state index is 12.1. The standard InChI is InChI=1S/C10H11BrN2O4S/c1-10(4-5-10)12-18(16,17)9-6-7(11)2-3-8(9)13(14)15/h2-3,6,12H,4-5H2,1H3. The van der Waals surface area contributed by atoms with Crippen molar-refractivity contribution in [3.8, 4) is 0 Å². The van der Waals surface area contributed by atoms with Gasteiger partial charge in [0.1, 0.15) is 0 Å². The van der Waals surface area contributed by atoms with Crippen molar-refractivity contribution in [1.82, 2.24) is 4.72 Å². The highest BCUT2D eigenvalue weighted by atomic mass is 79.9. The zero-order valence-corrected chi connectivity index (χ0v) is 11.9. The van der Waals surface area contributed by atoms with Crippen LogP contribution in [0.15, 0.2) is 27.6 Å². The summed E-state index contributed by atoms with van der Waals surface area (Å²) in [7, 11) is -3.88. The first-order valence-electron chi connectivity index (χ1n) is 5.21. The predicted molar refractivity (Wildman–Crippen MR) is 68.8 cm³/mol. The predicted octanol–water partition coefficient (Wildman–Crippen LogP) is 2.19. The SMILES string of the molecule is CC1(NS(=O)(=O)c2cc(Br)ccc2[N+](=O)[O-])CC1. The van der Waals surface area contributed by atoms with Crippen molar-refractivity contribution in [2.45, 2.75) is 30.2 Å². The highest BCUT2D eigenvalue weighted by molar-refractivity contribution is 9.10. The Labute approximate surface area is 113 Å². The minimum atomic E-state index is -3.88. The normalized spacial score (nSPS) is 17.4. The number of hydrogen-bond acceptors (Lipinski definition) is 4. The van der Waals surface area contributed by atoms with Gasteiger partial charge in [-0.2, -0.15) is 0 Å². The number of rotatable bonds is 4. The first kappa shape index (κ1) is 13.4. The third kappa shape index (κ3) is 2.70. The van der Waals surface area contributed by atoms with Crippen molar-refractivity contribution < 1.29 is 13.3 Å². The van der Waals surface area contributed by atoms with Gasteiger partial charge in [-0.05, 0) is 31.9 Å². The third-order valence-corrected chi connectivity index (χ3v) is 4.95. The Morgan fingerprint density at radius 3 is 2.56 bits per heavy atom. The Balaban J connectivity index is 2.48. The van der Waals surface area contributed by atoms with Crippen LogP contribution < -0.4 is 4.72 Å². The summed E-state index contributed by atoms with van der Waals surface area (Å²) in [6, 6.07) is 3.86. The second kappa shape index (κ2) is 4.29. The molecule has 1 aromatic rings. The second-order valence-electron chi connectivity index (χ2n) is 4.54. The number of nitrogens with zero attached hydrogens (tertiary/aromatic N) is 1. The van der Waals surface area contributed by atoms with Gasteiger partial charge >= 0.3 is 0 Å². The molecule has 1 aliphatic carbocycles. The van der Waals surface area contributed by atoms with Gasteiger partial charge in [0, 0.05) is 16.1 Å². The molecule has 18 heavy (non-hydrogen) atoms. The van der Waals surface area contributed by atoms with Gasteiger partial charge in [0.15, 0.2) is 4.90 Å². The Bertz CT molecular complexity index is 610. The smallest absolute Gasteiger partial charge is 0.258 e. The largest absolute Gasteiger partial charge is 0.289 e. The lowest BCUT2D eigenvalue weighted by molar-refractivity contribution is -0.387. The van der Waals surface area contributed by atoms with Gasteiger partial charge in [-0.1, -0.05) is 15.9 Å². The zero-order chi connectivity index (χ0) is 13.6. The summed E-state index contributed by atoms with van der Waals surface area (Å²) in [6.07, 6.45) is 1.49. The average molecular weight is 335 g/mol. The topological polar surface area (TPSA) is 89.3 Å². The van der Waals surface area contributed by atoms with E-state index in [-0.39, 0.29) is 4.90 Å². The fraction of sp³-hybridized carbons (Fsp3) is 0.400. The molecule has 8 heteroatoms. The Kier molecular flexibility index (Phi) is 3.20. The molecule has 1 aliphatic rings. The van der Waals surface area contributed by atoms with Crippen LogP contribution in [0.25, 0.3) is 0 Å². The molecule has 6 nitrogen and oxygen atoms in total. The van der Waals surface area contributed by atoms with Crippen LogP contribution in [-0.2, 0) is 10.0 Å². The number of benzene rings is 1. The molecule has 0 atom stereocenters. The molecule has 1 fully saturated rings. The van der Waals surface area contributed by atoms with Gasteiger partial charge < -0.3 is 0 Å². The first-order chi connectivity index (χ1) is 8.23. The van der Waals surface area contributed by atoms with Crippen molar-refractivity contribution in [2.75, 3.05) is 0 Å². The van der Waals surface area contributed by atoms with Crippen LogP contribution in [0.3, 0.4) is 0 Å². The van der Waals surface area contributed by atoms with Crippen LogP contribution in [-0.4, -0.2) is 18.9 Å². The Morgan fingerprint density at radius 1 is 1.44 bits per heavy atom. The van der Waals surface area contributed by atoms with Gasteiger partial charge in [0.25, 0.3) is 5.69 Å². The minimum Gasteiger partial charge on any atom is -0.258 e. The summed E-state index contributed by atoms with van der Waals surface area (Å²) in [5, 5.41) is 10.9. The van der Waals surface area contributed by atoms with E-state index in [1.807, 2.05) is 0 Å². The fourth-order valence-electron chi connectivity index (χ4n) is 1.52. The molecular formula is C10H11BrN2O4S. The Hall–Kier alpha value is -0.990. The molecule has 0 heterocycles. The fourth-order valence-corrected chi connectivity index (χ4v) is 3.70. The van der Waals surface area contributed by atoms with Crippen molar-refractivity contribution in [2.24, 2.45) is 0 Å². The third-order valence-electron chi connectivity index (χ3n) is 2.79. The van der Waals surface area contributed by atoms with E-state index < -0.39 is 26.2 Å². The van der Waals surface area contributed by atoms with E-state index in [9.17, 15) is 18.5 Å². The number of nitro benzene ring substituents is 1. The van der Waals surface area contributed by atoms with Crippen molar-refractivity contribution in [3.63, 3.8) is 0 Å². The Morgan fingerprint density at radius 2 is 2.06 bits per heavy atom. The van der Waals surface area contributed by atoms with E-state index in [4.69, 9.17) is 0 Å². The summed E-state index contributed by atoms with van der Waals surface area (Å²) in [5.41, 5.74) is -0.885. The molecule has 2 rings (SSSR count). The molecule has 1 saturated carbocycles. The molecule has 0 radical (unpaired) electrons. The van der Waals surface area contributed by atoms with Crippen LogP contribution in [0.2, 0.25) is 0 Å². The molecule has 0 aromatic heterocycles. The number of halogens is 1. The van der Waals surface area contributed by atoms with Crippen molar-refractivity contribution in [1.29, 1.82) is 0 Å². The zero-order valence-electron chi connectivity index (χ0n) is 9.51. The average Bonchev–Trinajstić information content (AvgIpc) is 2.94. The molecule has 0 unspecified atom stereocenters. The molecule has 0 amide bonds. The maximum Gasteiger partial charge on any atom is 0.289 e. The lowest BCUT2D eigenvalue weighted by atomic mass is 10.3. The number of nitro groups is 1.